The second kappa shape index (κ2) is 5.72. The van der Waals surface area contributed by atoms with E-state index in [2.05, 4.69) is 24.0 Å². The SMILES string of the molecule is CCCc1nc(N)sc1Cc1ccc(C)cc1Cl. The Morgan fingerprint density at radius 1 is 1.39 bits per heavy atom. The van der Waals surface area contributed by atoms with Crippen LogP contribution in [0.3, 0.4) is 0 Å². The number of halogens is 1. The second-order valence-corrected chi connectivity index (χ2v) is 5.97. The molecule has 4 heteroatoms. The van der Waals surface area contributed by atoms with E-state index in [1.165, 1.54) is 10.4 Å². The van der Waals surface area contributed by atoms with Crippen molar-refractivity contribution in [2.24, 2.45) is 0 Å². The number of nitrogen functional groups attached to an aromatic ring is 1. The molecule has 0 unspecified atom stereocenters. The molecule has 18 heavy (non-hydrogen) atoms. The normalized spacial score (nSPS) is 10.8. The summed E-state index contributed by atoms with van der Waals surface area (Å²) in [6, 6.07) is 6.18. The van der Waals surface area contributed by atoms with Crippen molar-refractivity contribution in [3.05, 3.63) is 44.9 Å². The highest BCUT2D eigenvalue weighted by molar-refractivity contribution is 7.15. The van der Waals surface area contributed by atoms with Crippen LogP contribution in [0.25, 0.3) is 0 Å². The van der Waals surface area contributed by atoms with Gasteiger partial charge in [-0.25, -0.2) is 4.98 Å². The molecule has 0 spiro atoms. The molecule has 0 aliphatic heterocycles. The molecule has 2 nitrogen and oxygen atoms in total. The molecule has 0 radical (unpaired) electrons. The van der Waals surface area contributed by atoms with Crippen LogP contribution in [-0.2, 0) is 12.8 Å². The van der Waals surface area contributed by atoms with Gasteiger partial charge in [0, 0.05) is 16.3 Å². The van der Waals surface area contributed by atoms with Crippen LogP contribution in [-0.4, -0.2) is 4.98 Å². The molecule has 2 rings (SSSR count). The molecule has 0 aliphatic rings. The van der Waals surface area contributed by atoms with E-state index in [1.807, 2.05) is 13.0 Å². The monoisotopic (exact) mass is 280 g/mol. The summed E-state index contributed by atoms with van der Waals surface area (Å²) in [4.78, 5) is 5.63. The maximum atomic E-state index is 6.27. The van der Waals surface area contributed by atoms with Crippen LogP contribution in [0.4, 0.5) is 5.13 Å². The zero-order chi connectivity index (χ0) is 13.1. The minimum absolute atomic E-state index is 0.650. The summed E-state index contributed by atoms with van der Waals surface area (Å²) in [7, 11) is 0. The maximum absolute atomic E-state index is 6.27. The predicted molar refractivity (Wildman–Crippen MR) is 79.5 cm³/mol. The summed E-state index contributed by atoms with van der Waals surface area (Å²) in [5.74, 6) is 0. The van der Waals surface area contributed by atoms with Crippen LogP contribution in [0.1, 0.15) is 35.0 Å². The molecular weight excluding hydrogens is 264 g/mol. The number of nitrogens with two attached hydrogens (primary N) is 1. The molecule has 1 aromatic heterocycles. The molecule has 0 bridgehead atoms. The molecule has 0 atom stereocenters. The van der Waals surface area contributed by atoms with Gasteiger partial charge in [0.1, 0.15) is 0 Å². The van der Waals surface area contributed by atoms with Gasteiger partial charge in [-0.05, 0) is 30.5 Å². The Balaban J connectivity index is 2.27. The third kappa shape index (κ3) is 3.03. The Labute approximate surface area is 117 Å². The molecule has 0 saturated heterocycles. The average Bonchev–Trinajstić information content (AvgIpc) is 2.64. The van der Waals surface area contributed by atoms with E-state index < -0.39 is 0 Å². The zero-order valence-electron chi connectivity index (χ0n) is 10.7. The molecule has 0 fully saturated rings. The maximum Gasteiger partial charge on any atom is 0.180 e. The molecule has 96 valence electrons. The Kier molecular flexibility index (Phi) is 4.25. The lowest BCUT2D eigenvalue weighted by Crippen LogP contribution is -1.94. The number of hydrogen-bond acceptors (Lipinski definition) is 3. The highest BCUT2D eigenvalue weighted by Crippen LogP contribution is 2.27. The lowest BCUT2D eigenvalue weighted by Gasteiger charge is -2.05. The number of thiazole rings is 1. The van der Waals surface area contributed by atoms with Gasteiger partial charge in [-0.1, -0.05) is 37.1 Å². The number of hydrogen-bond donors (Lipinski definition) is 1. The van der Waals surface area contributed by atoms with Crippen molar-refractivity contribution in [2.45, 2.75) is 33.1 Å². The largest absolute Gasteiger partial charge is 0.375 e. The Morgan fingerprint density at radius 2 is 2.17 bits per heavy atom. The third-order valence-corrected chi connectivity index (χ3v) is 4.12. The minimum Gasteiger partial charge on any atom is -0.375 e. The first-order valence-electron chi connectivity index (χ1n) is 6.09. The minimum atomic E-state index is 0.650. The lowest BCUT2D eigenvalue weighted by atomic mass is 10.1. The van der Waals surface area contributed by atoms with Crippen molar-refractivity contribution >= 4 is 28.1 Å². The molecule has 2 N–H and O–H groups in total. The second-order valence-electron chi connectivity index (χ2n) is 4.44. The van der Waals surface area contributed by atoms with E-state index >= 15 is 0 Å². The molecule has 0 saturated carbocycles. The summed E-state index contributed by atoms with van der Waals surface area (Å²) in [6.45, 7) is 4.20. The average molecular weight is 281 g/mol. The first kappa shape index (κ1) is 13.4. The van der Waals surface area contributed by atoms with E-state index in [1.54, 1.807) is 11.3 Å². The number of rotatable bonds is 4. The highest BCUT2D eigenvalue weighted by atomic mass is 35.5. The van der Waals surface area contributed by atoms with E-state index in [4.69, 9.17) is 17.3 Å². The fourth-order valence-corrected chi connectivity index (χ4v) is 3.15. The van der Waals surface area contributed by atoms with E-state index in [0.717, 1.165) is 35.5 Å². The standard InChI is InChI=1S/C14H17ClN2S/c1-3-4-12-13(18-14(16)17-12)8-10-6-5-9(2)7-11(10)15/h5-7H,3-4,8H2,1-2H3,(H2,16,17). The molecule has 2 aromatic rings. The lowest BCUT2D eigenvalue weighted by molar-refractivity contribution is 0.879. The predicted octanol–water partition coefficient (Wildman–Crippen LogP) is 4.23. The van der Waals surface area contributed by atoms with Gasteiger partial charge in [0.05, 0.1) is 5.69 Å². The Bertz CT molecular complexity index is 549. The summed E-state index contributed by atoms with van der Waals surface area (Å²) in [6.07, 6.45) is 2.88. The van der Waals surface area contributed by atoms with Crippen molar-refractivity contribution in [2.75, 3.05) is 5.73 Å². The highest BCUT2D eigenvalue weighted by Gasteiger charge is 2.11. The quantitative estimate of drug-likeness (QED) is 0.910. The van der Waals surface area contributed by atoms with Gasteiger partial charge in [0.25, 0.3) is 0 Å². The van der Waals surface area contributed by atoms with Crippen molar-refractivity contribution < 1.29 is 0 Å². The van der Waals surface area contributed by atoms with Crippen LogP contribution in [0.2, 0.25) is 5.02 Å². The summed E-state index contributed by atoms with van der Waals surface area (Å²) < 4.78 is 0. The van der Waals surface area contributed by atoms with E-state index in [0.29, 0.717) is 5.13 Å². The van der Waals surface area contributed by atoms with Gasteiger partial charge < -0.3 is 5.73 Å². The number of anilines is 1. The van der Waals surface area contributed by atoms with E-state index in [9.17, 15) is 0 Å². The summed E-state index contributed by atoms with van der Waals surface area (Å²) in [5, 5.41) is 1.47. The van der Waals surface area contributed by atoms with Crippen molar-refractivity contribution in [3.63, 3.8) is 0 Å². The number of nitrogens with zero attached hydrogens (tertiary/aromatic N) is 1. The van der Waals surface area contributed by atoms with Crippen molar-refractivity contribution in [1.29, 1.82) is 0 Å². The van der Waals surface area contributed by atoms with Gasteiger partial charge in [-0.15, -0.1) is 11.3 Å². The topological polar surface area (TPSA) is 38.9 Å². The Hall–Kier alpha value is -1.06. The number of benzene rings is 1. The molecular formula is C14H17ClN2S. The fraction of sp³-hybridized carbons (Fsp3) is 0.357. The van der Waals surface area contributed by atoms with Gasteiger partial charge in [-0.3, -0.25) is 0 Å². The van der Waals surface area contributed by atoms with Crippen molar-refractivity contribution in [1.82, 2.24) is 4.98 Å². The van der Waals surface area contributed by atoms with Crippen molar-refractivity contribution in [3.8, 4) is 0 Å². The third-order valence-electron chi connectivity index (χ3n) is 2.84. The first-order valence-corrected chi connectivity index (χ1v) is 7.28. The molecule has 0 aliphatic carbocycles. The molecule has 1 heterocycles. The van der Waals surface area contributed by atoms with Crippen LogP contribution < -0.4 is 5.73 Å². The molecule has 0 amide bonds. The first-order chi connectivity index (χ1) is 8.60. The summed E-state index contributed by atoms with van der Waals surface area (Å²) >= 11 is 7.84. The van der Waals surface area contributed by atoms with Crippen LogP contribution >= 0.6 is 22.9 Å². The number of aromatic nitrogens is 1. The molecule has 1 aromatic carbocycles. The van der Waals surface area contributed by atoms with Crippen LogP contribution in [0.5, 0.6) is 0 Å². The summed E-state index contributed by atoms with van der Waals surface area (Å²) in [5.41, 5.74) is 9.25. The van der Waals surface area contributed by atoms with Gasteiger partial charge in [0.2, 0.25) is 0 Å². The number of aryl methyl sites for hydroxylation is 2. The fourth-order valence-electron chi connectivity index (χ4n) is 1.94. The van der Waals surface area contributed by atoms with Gasteiger partial charge >= 0.3 is 0 Å². The Morgan fingerprint density at radius 3 is 2.83 bits per heavy atom. The van der Waals surface area contributed by atoms with Crippen LogP contribution in [0, 0.1) is 6.92 Å². The van der Waals surface area contributed by atoms with E-state index in [-0.39, 0.29) is 0 Å². The van der Waals surface area contributed by atoms with Gasteiger partial charge in [0.15, 0.2) is 5.13 Å². The van der Waals surface area contributed by atoms with Gasteiger partial charge in [-0.2, -0.15) is 0 Å². The smallest absolute Gasteiger partial charge is 0.180 e. The zero-order valence-corrected chi connectivity index (χ0v) is 12.2. The van der Waals surface area contributed by atoms with Crippen LogP contribution in [0.15, 0.2) is 18.2 Å².